The van der Waals surface area contributed by atoms with E-state index in [0.717, 1.165) is 0 Å². The fraction of sp³-hybridized carbons (Fsp3) is 0.700. The van der Waals surface area contributed by atoms with Crippen LogP contribution in [-0.4, -0.2) is 16.8 Å². The first kappa shape index (κ1) is 12.7. The van der Waals surface area contributed by atoms with Gasteiger partial charge in [0.15, 0.2) is 0 Å². The minimum absolute atomic E-state index is 0.0254. The molecule has 1 saturated carbocycles. The molecule has 0 N–H and O–H groups in total. The highest BCUT2D eigenvalue weighted by Gasteiger charge is 2.43. The molecular weight excluding hydrogens is 239 g/mol. The minimum atomic E-state index is -0.663. The van der Waals surface area contributed by atoms with Crippen LogP contribution in [0.4, 0.5) is 0 Å². The van der Waals surface area contributed by atoms with Crippen molar-refractivity contribution in [1.82, 2.24) is 0 Å². The zero-order valence-corrected chi connectivity index (χ0v) is 9.79. The smallest absolute Gasteiger partial charge is 0.225 e. The highest BCUT2D eigenvalue weighted by atomic mass is 35.5. The molecule has 3 nitrogen and oxygen atoms in total. The number of hydrogen-bond acceptors (Lipinski definition) is 3. The number of rotatable bonds is 3. The molecule has 0 aromatic heterocycles. The van der Waals surface area contributed by atoms with Gasteiger partial charge in [0.1, 0.15) is 6.29 Å². The lowest BCUT2D eigenvalue weighted by Crippen LogP contribution is -2.40. The zero-order valence-electron chi connectivity index (χ0n) is 8.28. The van der Waals surface area contributed by atoms with Crippen molar-refractivity contribution in [1.29, 1.82) is 0 Å². The second kappa shape index (κ2) is 5.08. The Labute approximate surface area is 98.1 Å². The average Bonchev–Trinajstić information content (AvgIpc) is 2.15. The standard InChI is InChI=1S/C10H12Cl2O3/c1-5-2-3-6(9(11)14)7(4-13)8(5)10(12)15/h4-8H,2-3H2,1H3. The van der Waals surface area contributed by atoms with Crippen LogP contribution in [0, 0.1) is 23.7 Å². The molecule has 0 bridgehead atoms. The molecule has 0 heterocycles. The van der Waals surface area contributed by atoms with Gasteiger partial charge in [0.2, 0.25) is 10.5 Å². The monoisotopic (exact) mass is 250 g/mol. The van der Waals surface area contributed by atoms with E-state index in [1.165, 1.54) is 0 Å². The third kappa shape index (κ3) is 2.58. The number of aldehydes is 1. The SMILES string of the molecule is CC1CCC(C(=O)Cl)C(C=O)C1C(=O)Cl. The molecule has 4 atom stereocenters. The largest absolute Gasteiger partial charge is 0.303 e. The first-order valence-corrected chi connectivity index (χ1v) is 5.58. The lowest BCUT2D eigenvalue weighted by molar-refractivity contribution is -0.132. The van der Waals surface area contributed by atoms with Gasteiger partial charge in [-0.2, -0.15) is 0 Å². The summed E-state index contributed by atoms with van der Waals surface area (Å²) < 4.78 is 0. The molecule has 1 rings (SSSR count). The quantitative estimate of drug-likeness (QED) is 0.569. The Morgan fingerprint density at radius 3 is 2.20 bits per heavy atom. The molecule has 15 heavy (non-hydrogen) atoms. The second-order valence-electron chi connectivity index (χ2n) is 4.01. The molecule has 1 aliphatic carbocycles. The lowest BCUT2D eigenvalue weighted by atomic mass is 9.68. The number of carbonyl (C=O) groups is 3. The van der Waals surface area contributed by atoms with Crippen LogP contribution in [0.25, 0.3) is 0 Å². The van der Waals surface area contributed by atoms with Gasteiger partial charge in [0.05, 0.1) is 0 Å². The molecule has 0 aliphatic heterocycles. The van der Waals surface area contributed by atoms with Crippen LogP contribution in [0.3, 0.4) is 0 Å². The van der Waals surface area contributed by atoms with Gasteiger partial charge in [-0.25, -0.2) is 0 Å². The van der Waals surface area contributed by atoms with E-state index in [2.05, 4.69) is 0 Å². The van der Waals surface area contributed by atoms with Gasteiger partial charge in [-0.1, -0.05) is 6.92 Å². The van der Waals surface area contributed by atoms with Gasteiger partial charge < -0.3 is 4.79 Å². The highest BCUT2D eigenvalue weighted by Crippen LogP contribution is 2.39. The van der Waals surface area contributed by atoms with Crippen molar-refractivity contribution in [2.45, 2.75) is 19.8 Å². The summed E-state index contributed by atoms with van der Waals surface area (Å²) in [4.78, 5) is 33.2. The van der Waals surface area contributed by atoms with Crippen LogP contribution in [0.5, 0.6) is 0 Å². The predicted molar refractivity (Wildman–Crippen MR) is 56.7 cm³/mol. The van der Waals surface area contributed by atoms with Gasteiger partial charge in [0.25, 0.3) is 0 Å². The Bertz CT molecular complexity index is 290. The molecule has 0 amide bonds. The summed E-state index contributed by atoms with van der Waals surface area (Å²) in [5, 5.41) is -1.11. The molecule has 0 radical (unpaired) electrons. The topological polar surface area (TPSA) is 51.2 Å². The molecular formula is C10H12Cl2O3. The van der Waals surface area contributed by atoms with E-state index in [-0.39, 0.29) is 5.92 Å². The van der Waals surface area contributed by atoms with E-state index in [1.807, 2.05) is 6.92 Å². The van der Waals surface area contributed by atoms with Gasteiger partial charge >= 0.3 is 0 Å². The Morgan fingerprint density at radius 1 is 1.20 bits per heavy atom. The van der Waals surface area contributed by atoms with E-state index in [0.29, 0.717) is 19.1 Å². The third-order valence-electron chi connectivity index (χ3n) is 3.14. The van der Waals surface area contributed by atoms with E-state index in [4.69, 9.17) is 23.2 Å². The summed E-state index contributed by atoms with van der Waals surface area (Å²) >= 11 is 10.8. The molecule has 1 aliphatic rings. The van der Waals surface area contributed by atoms with Crippen molar-refractivity contribution in [3.05, 3.63) is 0 Å². The van der Waals surface area contributed by atoms with Crippen molar-refractivity contribution in [2.75, 3.05) is 0 Å². The van der Waals surface area contributed by atoms with Crippen molar-refractivity contribution < 1.29 is 14.4 Å². The summed E-state index contributed by atoms with van der Waals surface area (Å²) in [6.07, 6.45) is 1.87. The summed E-state index contributed by atoms with van der Waals surface area (Å²) in [7, 11) is 0. The summed E-state index contributed by atoms with van der Waals surface area (Å²) in [5.74, 6) is -1.78. The fourth-order valence-corrected chi connectivity index (χ4v) is 2.88. The molecule has 1 fully saturated rings. The first-order chi connectivity index (χ1) is 6.99. The van der Waals surface area contributed by atoms with E-state index < -0.39 is 28.2 Å². The van der Waals surface area contributed by atoms with E-state index in [1.54, 1.807) is 0 Å². The Kier molecular flexibility index (Phi) is 4.29. The van der Waals surface area contributed by atoms with Crippen LogP contribution in [0.1, 0.15) is 19.8 Å². The van der Waals surface area contributed by atoms with Crippen LogP contribution >= 0.6 is 23.2 Å². The molecule has 0 aromatic rings. The maximum atomic E-state index is 11.2. The Hall–Kier alpha value is -0.410. The van der Waals surface area contributed by atoms with Crippen LogP contribution in [0.15, 0.2) is 0 Å². The molecule has 0 aromatic carbocycles. The van der Waals surface area contributed by atoms with Crippen molar-refractivity contribution in [3.63, 3.8) is 0 Å². The highest BCUT2D eigenvalue weighted by molar-refractivity contribution is 6.65. The molecule has 0 spiro atoms. The first-order valence-electron chi connectivity index (χ1n) is 4.83. The maximum absolute atomic E-state index is 11.2. The van der Waals surface area contributed by atoms with Crippen LogP contribution in [0.2, 0.25) is 0 Å². The average molecular weight is 251 g/mol. The minimum Gasteiger partial charge on any atom is -0.303 e. The second-order valence-corrected chi connectivity index (χ2v) is 4.75. The van der Waals surface area contributed by atoms with E-state index in [9.17, 15) is 14.4 Å². The van der Waals surface area contributed by atoms with E-state index >= 15 is 0 Å². The molecule has 84 valence electrons. The third-order valence-corrected chi connectivity index (χ3v) is 3.67. The van der Waals surface area contributed by atoms with Crippen molar-refractivity contribution in [2.24, 2.45) is 23.7 Å². The summed E-state index contributed by atoms with van der Waals surface area (Å²) in [6.45, 7) is 1.86. The van der Waals surface area contributed by atoms with Gasteiger partial charge in [-0.3, -0.25) is 9.59 Å². The molecule has 0 saturated heterocycles. The summed E-state index contributed by atoms with van der Waals surface area (Å²) in [5.41, 5.74) is 0. The predicted octanol–water partition coefficient (Wildman–Crippen LogP) is 1.99. The molecule has 5 heteroatoms. The summed E-state index contributed by atoms with van der Waals surface area (Å²) in [6, 6.07) is 0. The fourth-order valence-electron chi connectivity index (χ4n) is 2.26. The lowest BCUT2D eigenvalue weighted by Gasteiger charge is -2.35. The normalized spacial score (nSPS) is 35.9. The van der Waals surface area contributed by atoms with Crippen LogP contribution < -0.4 is 0 Å². The zero-order chi connectivity index (χ0) is 11.6. The number of halogens is 2. The maximum Gasteiger partial charge on any atom is 0.225 e. The van der Waals surface area contributed by atoms with Crippen molar-refractivity contribution in [3.8, 4) is 0 Å². The Morgan fingerprint density at radius 2 is 1.80 bits per heavy atom. The molecule has 4 unspecified atom stereocenters. The van der Waals surface area contributed by atoms with Gasteiger partial charge in [-0.15, -0.1) is 0 Å². The Balaban J connectivity index is 2.95. The van der Waals surface area contributed by atoms with Crippen LogP contribution in [-0.2, 0) is 14.4 Å². The number of carbonyl (C=O) groups excluding carboxylic acids is 3. The number of hydrogen-bond donors (Lipinski definition) is 0. The van der Waals surface area contributed by atoms with Gasteiger partial charge in [-0.05, 0) is 42.0 Å². The van der Waals surface area contributed by atoms with Gasteiger partial charge in [0, 0.05) is 17.8 Å². The van der Waals surface area contributed by atoms with Crippen molar-refractivity contribution >= 4 is 40.0 Å².